The van der Waals surface area contributed by atoms with Crippen molar-refractivity contribution in [2.75, 3.05) is 0 Å². The van der Waals surface area contributed by atoms with E-state index in [-0.39, 0.29) is 23.4 Å². The molecule has 1 aliphatic rings. The highest BCUT2D eigenvalue weighted by molar-refractivity contribution is 7.89. The molecule has 26 heavy (non-hydrogen) atoms. The minimum absolute atomic E-state index is 0.0835. The predicted molar refractivity (Wildman–Crippen MR) is 96.4 cm³/mol. The average molecular weight is 394 g/mol. The third kappa shape index (κ3) is 4.29. The van der Waals surface area contributed by atoms with Crippen LogP contribution in [-0.4, -0.2) is 31.4 Å². The quantitative estimate of drug-likeness (QED) is 0.663. The smallest absolute Gasteiger partial charge is 0.306 e. The molecular weight excluding hydrogens is 376 g/mol. The molecule has 3 N–H and O–H groups in total. The maximum Gasteiger partial charge on any atom is 0.306 e. The molecule has 1 amide bonds. The molecule has 0 saturated heterocycles. The van der Waals surface area contributed by atoms with Gasteiger partial charge in [0.15, 0.2) is 0 Å². The van der Waals surface area contributed by atoms with Crippen LogP contribution in [0.1, 0.15) is 28.1 Å². The van der Waals surface area contributed by atoms with Crippen LogP contribution in [0.3, 0.4) is 0 Å². The van der Waals surface area contributed by atoms with Crippen LogP contribution in [0.4, 0.5) is 0 Å². The van der Waals surface area contributed by atoms with Gasteiger partial charge in [0.2, 0.25) is 10.0 Å². The number of carboxylic acids is 1. The van der Waals surface area contributed by atoms with Gasteiger partial charge in [-0.2, -0.15) is 0 Å². The Morgan fingerprint density at radius 2 is 1.85 bits per heavy atom. The van der Waals surface area contributed by atoms with Crippen molar-refractivity contribution in [3.8, 4) is 0 Å². The molecule has 0 aliphatic heterocycles. The molecular formula is C17H18N2O5S2. The van der Waals surface area contributed by atoms with Crippen molar-refractivity contribution in [2.24, 2.45) is 5.92 Å². The molecule has 3 rings (SSSR count). The fourth-order valence-electron chi connectivity index (χ4n) is 2.65. The van der Waals surface area contributed by atoms with Crippen LogP contribution < -0.4 is 10.0 Å². The SMILES string of the molecule is O=C(NC1CC(C(=O)O)C1)c1ccc(S(=O)(=O)NCc2cccs2)cc1. The minimum atomic E-state index is -3.65. The summed E-state index contributed by atoms with van der Waals surface area (Å²) < 4.78 is 27.1. The molecule has 1 fully saturated rings. The number of sulfonamides is 1. The lowest BCUT2D eigenvalue weighted by Crippen LogP contribution is -2.46. The number of hydrogen-bond acceptors (Lipinski definition) is 5. The summed E-state index contributed by atoms with van der Waals surface area (Å²) in [6.45, 7) is 0.217. The van der Waals surface area contributed by atoms with Gasteiger partial charge in [-0.25, -0.2) is 13.1 Å². The Kier molecular flexibility index (Phi) is 5.40. The molecule has 0 radical (unpaired) electrons. The first-order valence-electron chi connectivity index (χ1n) is 8.01. The normalized spacial score (nSPS) is 19.5. The van der Waals surface area contributed by atoms with Crippen molar-refractivity contribution in [3.63, 3.8) is 0 Å². The van der Waals surface area contributed by atoms with Crippen molar-refractivity contribution in [2.45, 2.75) is 30.3 Å². The summed E-state index contributed by atoms with van der Waals surface area (Å²) in [5.41, 5.74) is 0.334. The molecule has 0 spiro atoms. The van der Waals surface area contributed by atoms with Gasteiger partial charge in [0, 0.05) is 23.0 Å². The number of hydrogen-bond donors (Lipinski definition) is 3. The number of carboxylic acid groups (broad SMARTS) is 1. The molecule has 1 aliphatic carbocycles. The Morgan fingerprint density at radius 1 is 1.15 bits per heavy atom. The van der Waals surface area contributed by atoms with Gasteiger partial charge in [-0.05, 0) is 48.6 Å². The lowest BCUT2D eigenvalue weighted by atomic mass is 9.80. The first kappa shape index (κ1) is 18.6. The number of aliphatic carboxylic acids is 1. The Morgan fingerprint density at radius 3 is 2.42 bits per heavy atom. The zero-order chi connectivity index (χ0) is 18.7. The van der Waals surface area contributed by atoms with E-state index in [1.165, 1.54) is 35.6 Å². The number of rotatable bonds is 7. The van der Waals surface area contributed by atoms with E-state index in [9.17, 15) is 18.0 Å². The molecule has 1 aromatic heterocycles. The van der Waals surface area contributed by atoms with Gasteiger partial charge in [0.05, 0.1) is 10.8 Å². The summed E-state index contributed by atoms with van der Waals surface area (Å²) in [6.07, 6.45) is 0.834. The monoisotopic (exact) mass is 394 g/mol. The summed E-state index contributed by atoms with van der Waals surface area (Å²) in [5, 5.41) is 13.5. The van der Waals surface area contributed by atoms with E-state index >= 15 is 0 Å². The standard InChI is InChI=1S/C17H18N2O5S2/c20-16(19-13-8-12(9-13)17(21)22)11-3-5-15(6-4-11)26(23,24)18-10-14-2-1-7-25-14/h1-7,12-13,18H,8-10H2,(H,19,20)(H,21,22). The van der Waals surface area contributed by atoms with Gasteiger partial charge in [-0.15, -0.1) is 11.3 Å². The Labute approximate surface area is 155 Å². The molecule has 9 heteroatoms. The van der Waals surface area contributed by atoms with Crippen molar-refractivity contribution >= 4 is 33.2 Å². The molecule has 1 aromatic carbocycles. The first-order valence-corrected chi connectivity index (χ1v) is 10.4. The lowest BCUT2D eigenvalue weighted by Gasteiger charge is -2.32. The van der Waals surface area contributed by atoms with Gasteiger partial charge in [-0.1, -0.05) is 6.07 Å². The molecule has 7 nitrogen and oxygen atoms in total. The zero-order valence-corrected chi connectivity index (χ0v) is 15.3. The zero-order valence-electron chi connectivity index (χ0n) is 13.7. The number of carbonyl (C=O) groups excluding carboxylic acids is 1. The van der Waals surface area contributed by atoms with E-state index in [2.05, 4.69) is 10.0 Å². The van der Waals surface area contributed by atoms with Gasteiger partial charge < -0.3 is 10.4 Å². The van der Waals surface area contributed by atoms with Crippen molar-refractivity contribution in [1.82, 2.24) is 10.0 Å². The third-order valence-corrected chi connectivity index (χ3v) is 6.56. The highest BCUT2D eigenvalue weighted by Crippen LogP contribution is 2.27. The number of thiophene rings is 1. The fourth-order valence-corrected chi connectivity index (χ4v) is 4.40. The summed E-state index contributed by atoms with van der Waals surface area (Å²) >= 11 is 1.46. The maximum atomic E-state index is 12.3. The maximum absolute atomic E-state index is 12.3. The van der Waals surface area contributed by atoms with E-state index < -0.39 is 21.9 Å². The van der Waals surface area contributed by atoms with Crippen LogP contribution in [-0.2, 0) is 21.4 Å². The van der Waals surface area contributed by atoms with E-state index in [1.54, 1.807) is 0 Å². The Balaban J connectivity index is 1.57. The summed E-state index contributed by atoms with van der Waals surface area (Å²) in [7, 11) is -3.65. The van der Waals surface area contributed by atoms with E-state index in [4.69, 9.17) is 5.11 Å². The lowest BCUT2D eigenvalue weighted by molar-refractivity contribution is -0.145. The van der Waals surface area contributed by atoms with E-state index in [0.717, 1.165) is 4.88 Å². The van der Waals surface area contributed by atoms with E-state index in [1.807, 2.05) is 17.5 Å². The van der Waals surface area contributed by atoms with Crippen LogP contribution in [0.5, 0.6) is 0 Å². The van der Waals surface area contributed by atoms with Crippen molar-refractivity contribution in [3.05, 3.63) is 52.2 Å². The third-order valence-electron chi connectivity index (χ3n) is 4.27. The Hall–Kier alpha value is -2.23. The van der Waals surface area contributed by atoms with Gasteiger partial charge in [0.1, 0.15) is 0 Å². The summed E-state index contributed by atoms with van der Waals surface area (Å²) in [5.74, 6) is -1.59. The molecule has 138 valence electrons. The second kappa shape index (κ2) is 7.56. The molecule has 1 saturated carbocycles. The molecule has 0 bridgehead atoms. The molecule has 1 heterocycles. The van der Waals surface area contributed by atoms with E-state index in [0.29, 0.717) is 18.4 Å². The largest absolute Gasteiger partial charge is 0.481 e. The number of nitrogens with one attached hydrogen (secondary N) is 2. The average Bonchev–Trinajstić information content (AvgIpc) is 3.09. The van der Waals surface area contributed by atoms with Gasteiger partial charge in [-0.3, -0.25) is 9.59 Å². The highest BCUT2D eigenvalue weighted by atomic mass is 32.2. The minimum Gasteiger partial charge on any atom is -0.481 e. The summed E-state index contributed by atoms with van der Waals surface area (Å²) in [4.78, 5) is 23.9. The van der Waals surface area contributed by atoms with Crippen LogP contribution in [0, 0.1) is 5.92 Å². The van der Waals surface area contributed by atoms with Crippen molar-refractivity contribution < 1.29 is 23.1 Å². The molecule has 0 atom stereocenters. The molecule has 2 aromatic rings. The Bertz CT molecular complexity index is 886. The number of carbonyl (C=O) groups is 2. The second-order valence-electron chi connectivity index (χ2n) is 6.11. The highest BCUT2D eigenvalue weighted by Gasteiger charge is 2.35. The molecule has 0 unspecified atom stereocenters. The predicted octanol–water partition coefficient (Wildman–Crippen LogP) is 1.82. The van der Waals surface area contributed by atoms with Crippen molar-refractivity contribution in [1.29, 1.82) is 0 Å². The van der Waals surface area contributed by atoms with Gasteiger partial charge >= 0.3 is 5.97 Å². The topological polar surface area (TPSA) is 113 Å². The van der Waals surface area contributed by atoms with Crippen LogP contribution in [0.25, 0.3) is 0 Å². The fraction of sp³-hybridized carbons (Fsp3) is 0.294. The second-order valence-corrected chi connectivity index (χ2v) is 8.90. The van der Waals surface area contributed by atoms with Crippen LogP contribution >= 0.6 is 11.3 Å². The van der Waals surface area contributed by atoms with Crippen LogP contribution in [0.2, 0.25) is 0 Å². The number of amides is 1. The first-order chi connectivity index (χ1) is 12.3. The van der Waals surface area contributed by atoms with Gasteiger partial charge in [0.25, 0.3) is 5.91 Å². The summed E-state index contributed by atoms with van der Waals surface area (Å²) in [6, 6.07) is 9.20. The van der Waals surface area contributed by atoms with Crippen LogP contribution in [0.15, 0.2) is 46.7 Å². The number of benzene rings is 1.